The van der Waals surface area contributed by atoms with E-state index in [1.54, 1.807) is 0 Å². The molecule has 0 heterocycles. The molecule has 1 amide bonds. The summed E-state index contributed by atoms with van der Waals surface area (Å²) in [5.41, 5.74) is 0. The highest BCUT2D eigenvalue weighted by Gasteiger charge is 2.26. The monoisotopic (exact) mass is 224 g/mol. The Morgan fingerprint density at radius 2 is 2.38 bits per heavy atom. The topological polar surface area (TPSA) is 73.1 Å². The normalized spacial score (nSPS) is 26.1. The largest absolute Gasteiger partial charge is 0.393 e. The van der Waals surface area contributed by atoms with E-state index in [0.717, 1.165) is 25.7 Å². The zero-order valence-corrected chi connectivity index (χ0v) is 9.78. The number of hydrogen-bond acceptors (Lipinski definition) is 3. The molecule has 3 atom stereocenters. The highest BCUT2D eigenvalue weighted by molar-refractivity contribution is 5.80. The Morgan fingerprint density at radius 1 is 1.62 bits per heavy atom. The highest BCUT2D eigenvalue weighted by atomic mass is 16.3. The quantitative estimate of drug-likeness (QED) is 0.737. The second-order valence-electron chi connectivity index (χ2n) is 4.47. The Bertz CT molecular complexity index is 273. The third kappa shape index (κ3) is 3.49. The van der Waals surface area contributed by atoms with E-state index in [2.05, 4.69) is 5.32 Å². The fraction of sp³-hybridized carbons (Fsp3) is 0.833. The van der Waals surface area contributed by atoms with Gasteiger partial charge in [0.1, 0.15) is 5.92 Å². The molecular formula is C12H20N2O2. The van der Waals surface area contributed by atoms with Crippen LogP contribution in [0.5, 0.6) is 0 Å². The number of aliphatic hydroxyl groups excluding tert-OH is 1. The van der Waals surface area contributed by atoms with E-state index in [9.17, 15) is 9.90 Å². The first-order valence-electron chi connectivity index (χ1n) is 6.04. The van der Waals surface area contributed by atoms with Crippen molar-refractivity contribution in [1.82, 2.24) is 5.32 Å². The first-order chi connectivity index (χ1) is 7.69. The van der Waals surface area contributed by atoms with Gasteiger partial charge in [-0.3, -0.25) is 4.79 Å². The second-order valence-corrected chi connectivity index (χ2v) is 4.47. The van der Waals surface area contributed by atoms with Gasteiger partial charge in [0, 0.05) is 12.5 Å². The number of carbonyl (C=O) groups excluding carboxylic acids is 1. The Balaban J connectivity index is 2.31. The van der Waals surface area contributed by atoms with Crippen LogP contribution in [0.25, 0.3) is 0 Å². The molecule has 90 valence electrons. The Labute approximate surface area is 96.6 Å². The maximum atomic E-state index is 11.6. The van der Waals surface area contributed by atoms with Crippen LogP contribution in [0, 0.1) is 23.2 Å². The highest BCUT2D eigenvalue weighted by Crippen LogP contribution is 2.24. The molecule has 1 aliphatic carbocycles. The first-order valence-corrected chi connectivity index (χ1v) is 6.04. The van der Waals surface area contributed by atoms with Crippen molar-refractivity contribution >= 4 is 5.91 Å². The molecule has 4 heteroatoms. The number of amides is 1. The molecule has 0 aromatic rings. The molecule has 0 aliphatic heterocycles. The number of rotatable bonds is 5. The van der Waals surface area contributed by atoms with E-state index in [0.29, 0.717) is 13.0 Å². The molecule has 0 spiro atoms. The molecule has 2 N–H and O–H groups in total. The molecule has 1 fully saturated rings. The van der Waals surface area contributed by atoms with Gasteiger partial charge >= 0.3 is 0 Å². The van der Waals surface area contributed by atoms with Crippen LogP contribution in [0.3, 0.4) is 0 Å². The first kappa shape index (κ1) is 13.0. The molecule has 4 nitrogen and oxygen atoms in total. The van der Waals surface area contributed by atoms with Crippen molar-refractivity contribution in [2.45, 2.75) is 45.1 Å². The summed E-state index contributed by atoms with van der Waals surface area (Å²) >= 11 is 0. The summed E-state index contributed by atoms with van der Waals surface area (Å²) in [6.45, 7) is 2.46. The van der Waals surface area contributed by atoms with Crippen LogP contribution in [0.4, 0.5) is 0 Å². The van der Waals surface area contributed by atoms with Gasteiger partial charge in [0.2, 0.25) is 5.91 Å². The van der Waals surface area contributed by atoms with Gasteiger partial charge in [0.15, 0.2) is 0 Å². The van der Waals surface area contributed by atoms with Crippen molar-refractivity contribution in [2.75, 3.05) is 6.54 Å². The van der Waals surface area contributed by atoms with Gasteiger partial charge in [-0.05, 0) is 19.3 Å². The van der Waals surface area contributed by atoms with E-state index in [1.165, 1.54) is 0 Å². The summed E-state index contributed by atoms with van der Waals surface area (Å²) in [6, 6.07) is 2.01. The molecule has 0 aromatic heterocycles. The summed E-state index contributed by atoms with van der Waals surface area (Å²) < 4.78 is 0. The lowest BCUT2D eigenvalue weighted by atomic mass is 10.0. The summed E-state index contributed by atoms with van der Waals surface area (Å²) in [7, 11) is 0. The third-order valence-corrected chi connectivity index (χ3v) is 3.21. The van der Waals surface area contributed by atoms with Gasteiger partial charge in [0.25, 0.3) is 0 Å². The van der Waals surface area contributed by atoms with E-state index >= 15 is 0 Å². The van der Waals surface area contributed by atoms with E-state index in [-0.39, 0.29) is 17.9 Å². The van der Waals surface area contributed by atoms with Gasteiger partial charge in [-0.1, -0.05) is 19.8 Å². The number of hydrogen-bond donors (Lipinski definition) is 2. The molecule has 0 saturated heterocycles. The van der Waals surface area contributed by atoms with Crippen molar-refractivity contribution in [3.8, 4) is 6.07 Å². The Morgan fingerprint density at radius 3 is 2.88 bits per heavy atom. The minimum Gasteiger partial charge on any atom is -0.393 e. The lowest BCUT2D eigenvalue weighted by Gasteiger charge is -2.16. The number of nitrogens with zero attached hydrogens (tertiary/aromatic N) is 1. The molecule has 1 aliphatic rings. The lowest BCUT2D eigenvalue weighted by Crippen LogP contribution is -2.36. The van der Waals surface area contributed by atoms with E-state index in [4.69, 9.17) is 5.26 Å². The van der Waals surface area contributed by atoms with Crippen LogP contribution in [0.2, 0.25) is 0 Å². The molecule has 1 saturated carbocycles. The lowest BCUT2D eigenvalue weighted by molar-refractivity contribution is -0.123. The Kier molecular flexibility index (Phi) is 5.27. The van der Waals surface area contributed by atoms with Crippen molar-refractivity contribution < 1.29 is 9.90 Å². The zero-order chi connectivity index (χ0) is 12.0. The van der Waals surface area contributed by atoms with Gasteiger partial charge in [0.05, 0.1) is 12.2 Å². The summed E-state index contributed by atoms with van der Waals surface area (Å²) in [5.74, 6) is -0.558. The minimum absolute atomic E-state index is 0.171. The van der Waals surface area contributed by atoms with Crippen LogP contribution in [0.15, 0.2) is 0 Å². The Hall–Kier alpha value is -1.08. The molecular weight excluding hydrogens is 204 g/mol. The maximum Gasteiger partial charge on any atom is 0.237 e. The van der Waals surface area contributed by atoms with Crippen molar-refractivity contribution in [3.63, 3.8) is 0 Å². The van der Waals surface area contributed by atoms with Crippen molar-refractivity contribution in [2.24, 2.45) is 11.8 Å². The summed E-state index contributed by atoms with van der Waals surface area (Å²) in [4.78, 5) is 11.6. The number of nitriles is 1. The molecule has 1 rings (SSSR count). The minimum atomic E-state index is -0.538. The predicted octanol–water partition coefficient (Wildman–Crippen LogP) is 1.20. The smallest absolute Gasteiger partial charge is 0.237 e. The molecule has 0 aromatic carbocycles. The average molecular weight is 224 g/mol. The molecule has 0 bridgehead atoms. The number of carbonyl (C=O) groups is 1. The van der Waals surface area contributed by atoms with Crippen LogP contribution in [-0.2, 0) is 4.79 Å². The maximum absolute atomic E-state index is 11.6. The zero-order valence-electron chi connectivity index (χ0n) is 9.78. The third-order valence-electron chi connectivity index (χ3n) is 3.21. The molecule has 0 radical (unpaired) electrons. The van der Waals surface area contributed by atoms with Gasteiger partial charge in [-0.15, -0.1) is 0 Å². The van der Waals surface area contributed by atoms with Gasteiger partial charge in [-0.25, -0.2) is 0 Å². The van der Waals surface area contributed by atoms with E-state index < -0.39 is 5.92 Å². The summed E-state index contributed by atoms with van der Waals surface area (Å²) in [6.07, 6.45) is 3.97. The van der Waals surface area contributed by atoms with Crippen LogP contribution < -0.4 is 5.32 Å². The predicted molar refractivity (Wildman–Crippen MR) is 60.4 cm³/mol. The van der Waals surface area contributed by atoms with Crippen molar-refractivity contribution in [1.29, 1.82) is 5.26 Å². The second kappa shape index (κ2) is 6.49. The van der Waals surface area contributed by atoms with Crippen LogP contribution >= 0.6 is 0 Å². The van der Waals surface area contributed by atoms with Crippen molar-refractivity contribution in [3.05, 3.63) is 0 Å². The molecule has 3 unspecified atom stereocenters. The number of aliphatic hydroxyl groups is 1. The van der Waals surface area contributed by atoms with Gasteiger partial charge in [-0.2, -0.15) is 5.26 Å². The summed E-state index contributed by atoms with van der Waals surface area (Å²) in [5, 5.41) is 21.2. The fourth-order valence-corrected chi connectivity index (χ4v) is 2.15. The van der Waals surface area contributed by atoms with Gasteiger partial charge < -0.3 is 10.4 Å². The fourth-order valence-electron chi connectivity index (χ4n) is 2.15. The van der Waals surface area contributed by atoms with Crippen LogP contribution in [0.1, 0.15) is 39.0 Å². The average Bonchev–Trinajstić information content (AvgIpc) is 2.68. The SMILES string of the molecule is CCCC(C#N)C(=O)NCC1CCCC1O. The standard InChI is InChI=1S/C12H20N2O2/c1-2-4-9(7-13)12(16)14-8-10-5-3-6-11(10)15/h9-11,15H,2-6,8H2,1H3,(H,14,16). The molecule has 16 heavy (non-hydrogen) atoms. The van der Waals surface area contributed by atoms with Crippen LogP contribution in [-0.4, -0.2) is 23.7 Å². The number of nitrogens with one attached hydrogen (secondary N) is 1. The van der Waals surface area contributed by atoms with E-state index in [1.807, 2.05) is 13.0 Å².